The van der Waals surface area contributed by atoms with Crippen molar-refractivity contribution < 1.29 is 35.1 Å². The van der Waals surface area contributed by atoms with Gasteiger partial charge in [-0.15, -0.1) is 0 Å². The number of hydrogen-bond donors (Lipinski definition) is 3. The average Bonchev–Trinajstić information content (AvgIpc) is 3.76. The summed E-state index contributed by atoms with van der Waals surface area (Å²) >= 11 is 0. The van der Waals surface area contributed by atoms with Crippen LogP contribution in [0.5, 0.6) is 0 Å². The number of pyridine rings is 1. The molecule has 17 heteroatoms. The quantitative estimate of drug-likeness (QED) is 0.164. The van der Waals surface area contributed by atoms with Crippen LogP contribution in [0.1, 0.15) is 88.9 Å². The molecule has 3 N–H and O–H groups in total. The highest BCUT2D eigenvalue weighted by Gasteiger charge is 2.34. The van der Waals surface area contributed by atoms with Gasteiger partial charge in [0.25, 0.3) is 5.91 Å². The van der Waals surface area contributed by atoms with Gasteiger partial charge in [-0.1, -0.05) is 31.4 Å². The summed E-state index contributed by atoms with van der Waals surface area (Å²) in [5.41, 5.74) is 2.18. The maximum Gasteiger partial charge on any atom is 0.433 e. The zero-order valence-electron chi connectivity index (χ0n) is 33.1. The smallest absolute Gasteiger partial charge is 0.380 e. The highest BCUT2D eigenvalue weighted by Crippen LogP contribution is 2.33. The van der Waals surface area contributed by atoms with Crippen LogP contribution in [-0.4, -0.2) is 82.0 Å². The Bertz CT molecular complexity index is 2320. The number of carbonyl (C=O) groups is 3. The molecule has 14 nitrogen and oxygen atoms in total. The third kappa shape index (κ3) is 9.42. The molecule has 0 radical (unpaired) electrons. The Morgan fingerprint density at radius 1 is 0.966 bits per heavy atom. The summed E-state index contributed by atoms with van der Waals surface area (Å²) in [6.45, 7) is 1.67. The molecule has 3 amide bonds. The number of imidazole rings is 1. The number of benzene rings is 2. The molecule has 2 saturated heterocycles. The Morgan fingerprint density at radius 3 is 2.41 bits per heavy atom. The Morgan fingerprint density at radius 2 is 1.71 bits per heavy atom. The van der Waals surface area contributed by atoms with Crippen molar-refractivity contribution in [2.75, 3.05) is 44.5 Å². The summed E-state index contributed by atoms with van der Waals surface area (Å²) in [6, 6.07) is 14.0. The molecule has 5 aromatic rings. The van der Waals surface area contributed by atoms with Crippen LogP contribution >= 0.6 is 0 Å². The number of halogens is 3. The van der Waals surface area contributed by atoms with Crippen molar-refractivity contribution in [3.63, 3.8) is 0 Å². The molecule has 2 atom stereocenters. The fourth-order valence-electron chi connectivity index (χ4n) is 7.82. The number of alkyl halides is 3. The molecule has 0 bridgehead atoms. The number of piperidine rings is 2. The predicted octanol–water partition coefficient (Wildman–Crippen LogP) is 6.47. The Kier molecular flexibility index (Phi) is 13.3. The molecule has 1 unspecified atom stereocenters. The van der Waals surface area contributed by atoms with Gasteiger partial charge in [0.05, 0.1) is 34.4 Å². The lowest BCUT2D eigenvalue weighted by Gasteiger charge is -2.34. The van der Waals surface area contributed by atoms with Gasteiger partial charge in [0.1, 0.15) is 17.4 Å². The maximum absolute atomic E-state index is 13.0. The summed E-state index contributed by atoms with van der Waals surface area (Å²) in [6.07, 6.45) is 6.04. The van der Waals surface area contributed by atoms with Crippen molar-refractivity contribution in [1.82, 2.24) is 34.5 Å². The summed E-state index contributed by atoms with van der Waals surface area (Å²) in [4.78, 5) is 54.8. The number of ether oxygens (including phenoxy) is 1. The number of amides is 3. The first-order chi connectivity index (χ1) is 27.8. The fraction of sp³-hybridized carbons (Fsp3) is 0.463. The molecular formula is C41H54F3N9O5. The lowest BCUT2D eigenvalue weighted by atomic mass is 9.96. The first kappa shape index (κ1) is 42.1. The van der Waals surface area contributed by atoms with Crippen molar-refractivity contribution in [3.05, 3.63) is 82.7 Å². The van der Waals surface area contributed by atoms with Crippen molar-refractivity contribution in [3.8, 4) is 0 Å². The molecule has 58 heavy (non-hydrogen) atoms. The molecule has 314 valence electrons. The number of hydrogen-bond acceptors (Lipinski definition) is 9. The highest BCUT2D eigenvalue weighted by molar-refractivity contribution is 6.04. The van der Waals surface area contributed by atoms with Gasteiger partial charge in [-0.05, 0) is 88.7 Å². The Balaban J connectivity index is 0.000000241. The van der Waals surface area contributed by atoms with Gasteiger partial charge < -0.3 is 20.3 Å². The van der Waals surface area contributed by atoms with Gasteiger partial charge in [-0.2, -0.15) is 18.3 Å². The van der Waals surface area contributed by atoms with Gasteiger partial charge in [-0.3, -0.25) is 33.5 Å². The average molecular weight is 810 g/mol. The largest absolute Gasteiger partial charge is 0.433 e. The van der Waals surface area contributed by atoms with E-state index in [9.17, 15) is 32.3 Å². The fourth-order valence-corrected chi connectivity index (χ4v) is 7.82. The molecule has 5 heterocycles. The summed E-state index contributed by atoms with van der Waals surface area (Å²) in [7, 11) is 7.21. The van der Waals surface area contributed by atoms with Crippen molar-refractivity contribution in [1.29, 1.82) is 0 Å². The lowest BCUT2D eigenvalue weighted by molar-refractivity contribution is -0.141. The monoisotopic (exact) mass is 809 g/mol. The van der Waals surface area contributed by atoms with E-state index < -0.39 is 29.7 Å². The molecule has 1 saturated carbocycles. The van der Waals surface area contributed by atoms with Crippen LogP contribution in [-0.2, 0) is 27.5 Å². The number of nitrogens with one attached hydrogen (secondary N) is 3. The predicted molar refractivity (Wildman–Crippen MR) is 219 cm³/mol. The SMILES string of the molecule is CNC.CO[C@H]1CCCN(c2cccc3c2n(C)c(=O)n3C2CCC(=O)NC2=O)C1.O=C(Nc1ccc2nn(C3CCCCC3)cc2c1)c1cccc(C(F)(F)F)n1.[HH].[HH]. The number of aryl methyl sites for hydroxylation is 1. The molecule has 3 fully saturated rings. The van der Waals surface area contributed by atoms with Gasteiger partial charge >= 0.3 is 11.9 Å². The third-order valence-corrected chi connectivity index (χ3v) is 10.7. The van der Waals surface area contributed by atoms with Crippen LogP contribution in [0.4, 0.5) is 24.5 Å². The van der Waals surface area contributed by atoms with E-state index in [4.69, 9.17) is 4.74 Å². The number of nitrogens with zero attached hydrogens (tertiary/aromatic N) is 6. The Labute approximate surface area is 336 Å². The van der Waals surface area contributed by atoms with Crippen LogP contribution in [0.15, 0.2) is 65.6 Å². The van der Waals surface area contributed by atoms with Crippen LogP contribution in [0.25, 0.3) is 21.9 Å². The molecule has 1 aliphatic carbocycles. The molecule has 3 aliphatic rings. The van der Waals surface area contributed by atoms with Gasteiger partial charge in [0, 0.05) is 53.8 Å². The topological polar surface area (TPSA) is 157 Å². The van der Waals surface area contributed by atoms with Crippen molar-refractivity contribution in [2.45, 2.75) is 82.2 Å². The van der Waals surface area contributed by atoms with E-state index in [0.717, 1.165) is 66.9 Å². The van der Waals surface area contributed by atoms with Crippen molar-refractivity contribution >= 4 is 51.0 Å². The second-order valence-corrected chi connectivity index (χ2v) is 14.8. The second kappa shape index (κ2) is 18.4. The minimum Gasteiger partial charge on any atom is -0.380 e. The maximum atomic E-state index is 13.0. The van der Waals surface area contributed by atoms with Crippen LogP contribution < -0.4 is 26.5 Å². The molecule has 0 spiro atoms. The zero-order chi connectivity index (χ0) is 41.6. The molecule has 8 rings (SSSR count). The van der Waals surface area contributed by atoms with E-state index in [0.29, 0.717) is 23.7 Å². The number of fused-ring (bicyclic) bond motifs is 2. The van der Waals surface area contributed by atoms with Crippen LogP contribution in [0.3, 0.4) is 0 Å². The number of anilines is 2. The minimum absolute atomic E-state index is 0. The lowest BCUT2D eigenvalue weighted by Crippen LogP contribution is -2.44. The van der Waals surface area contributed by atoms with Gasteiger partial charge in [-0.25, -0.2) is 9.78 Å². The number of aromatic nitrogens is 5. The van der Waals surface area contributed by atoms with Gasteiger partial charge in [0.15, 0.2) is 0 Å². The van der Waals surface area contributed by atoms with E-state index in [2.05, 4.69) is 30.9 Å². The van der Waals surface area contributed by atoms with E-state index in [1.807, 2.05) is 43.2 Å². The van der Waals surface area contributed by atoms with Gasteiger partial charge in [0.2, 0.25) is 11.8 Å². The molecule has 2 aliphatic heterocycles. The summed E-state index contributed by atoms with van der Waals surface area (Å²) in [5, 5.41) is 13.2. The van der Waals surface area contributed by atoms with Crippen LogP contribution in [0.2, 0.25) is 0 Å². The highest BCUT2D eigenvalue weighted by atomic mass is 19.4. The molecular weight excluding hydrogens is 756 g/mol. The first-order valence-electron chi connectivity index (χ1n) is 19.6. The number of imide groups is 1. The van der Waals surface area contributed by atoms with E-state index in [-0.39, 0.29) is 32.7 Å². The van der Waals surface area contributed by atoms with Crippen molar-refractivity contribution in [2.24, 2.45) is 7.05 Å². The number of carbonyl (C=O) groups excluding carboxylic acids is 3. The van der Waals surface area contributed by atoms with E-state index in [1.165, 1.54) is 36.0 Å². The first-order valence-corrected chi connectivity index (χ1v) is 19.6. The Hall–Kier alpha value is -5.55. The summed E-state index contributed by atoms with van der Waals surface area (Å²) < 4.78 is 49.0. The summed E-state index contributed by atoms with van der Waals surface area (Å²) in [5.74, 6) is -1.39. The number of para-hydroxylation sites is 1. The standard InChI is InChI=1S/C20H19F3N4O.C19H24N4O4.C2H7N.2H2/c21-20(22,23)18-8-4-7-17(25-18)19(28)24-14-9-10-16-13(11-14)12-27(26-16)15-5-2-1-3-6-15;1-21-17-13(22-10-4-5-12(11-22)27-2)6-3-7-14(17)23(19(21)26)15-8-9-16(24)20-18(15)25;1-3-2;;/h4,7-12,15H,1-3,5-6H2,(H,24,28);3,6-7,12,15H,4-5,8-11H2,1-2H3,(H,20,24,25);3H,1-2H3;2*1H/t;12-,15?;;;/m.0.../s1. The molecule has 3 aromatic heterocycles. The minimum atomic E-state index is -4.59. The second-order valence-electron chi connectivity index (χ2n) is 14.8. The van der Waals surface area contributed by atoms with E-state index in [1.54, 1.807) is 36.9 Å². The molecule has 2 aromatic carbocycles. The number of methoxy groups -OCH3 is 1. The third-order valence-electron chi connectivity index (χ3n) is 10.7. The van der Waals surface area contributed by atoms with Crippen LogP contribution in [0, 0.1) is 0 Å². The normalized spacial score (nSPS) is 18.9. The van der Waals surface area contributed by atoms with E-state index >= 15 is 0 Å². The zero-order valence-corrected chi connectivity index (χ0v) is 33.1. The number of rotatable bonds is 6.